The average Bonchev–Trinajstić information content (AvgIpc) is 2.67. The predicted octanol–water partition coefficient (Wildman–Crippen LogP) is 3.41. The molecule has 0 aromatic heterocycles. The lowest BCUT2D eigenvalue weighted by Gasteiger charge is -2.24. The Morgan fingerprint density at radius 3 is 2.56 bits per heavy atom. The van der Waals surface area contributed by atoms with E-state index >= 15 is 0 Å². The Hall–Kier alpha value is -2.08. The van der Waals surface area contributed by atoms with Gasteiger partial charge in [0.2, 0.25) is 0 Å². The first kappa shape index (κ1) is 19.2. The number of ether oxygens (including phenoxy) is 1. The lowest BCUT2D eigenvalue weighted by Crippen LogP contribution is -2.37. The summed E-state index contributed by atoms with van der Waals surface area (Å²) in [5.74, 6) is -0.470. The van der Waals surface area contributed by atoms with E-state index in [4.69, 9.17) is 4.74 Å². The monoisotopic (exact) mass is 348 g/mol. The summed E-state index contributed by atoms with van der Waals surface area (Å²) in [6.07, 6.45) is 1.95. The standard InChI is InChI=1S/C19H28N2O4/c1-18(2,3)25-16(22)14-8-5-6-9-15(14)20-17(23)21-12-7-10-19(4,24)11-13-21/h5-6,8-9,24H,7,10-13H2,1-4H3,(H,20,23)/t19-/m0/s1. The molecule has 0 unspecified atom stereocenters. The predicted molar refractivity (Wildman–Crippen MR) is 96.7 cm³/mol. The maximum absolute atomic E-state index is 12.6. The number of likely N-dealkylation sites (tertiary alicyclic amines) is 1. The third-order valence-corrected chi connectivity index (χ3v) is 4.14. The molecule has 0 bridgehead atoms. The molecule has 1 aromatic carbocycles. The molecular formula is C19H28N2O4. The number of anilines is 1. The number of para-hydroxylation sites is 1. The van der Waals surface area contributed by atoms with E-state index < -0.39 is 17.2 Å². The van der Waals surface area contributed by atoms with Gasteiger partial charge in [0.15, 0.2) is 0 Å². The van der Waals surface area contributed by atoms with Crippen molar-refractivity contribution >= 4 is 17.7 Å². The molecule has 0 aliphatic carbocycles. The van der Waals surface area contributed by atoms with E-state index in [0.29, 0.717) is 37.2 Å². The first-order valence-electron chi connectivity index (χ1n) is 8.68. The van der Waals surface area contributed by atoms with Crippen LogP contribution < -0.4 is 5.32 Å². The van der Waals surface area contributed by atoms with Gasteiger partial charge in [-0.05, 0) is 59.1 Å². The minimum absolute atomic E-state index is 0.270. The number of esters is 1. The maximum Gasteiger partial charge on any atom is 0.340 e. The number of rotatable bonds is 2. The molecule has 1 saturated heterocycles. The van der Waals surface area contributed by atoms with E-state index in [1.54, 1.807) is 56.9 Å². The summed E-state index contributed by atoms with van der Waals surface area (Å²) in [4.78, 5) is 26.6. The van der Waals surface area contributed by atoms with Crippen molar-refractivity contribution in [1.29, 1.82) is 0 Å². The van der Waals surface area contributed by atoms with Gasteiger partial charge in [0.25, 0.3) is 0 Å². The van der Waals surface area contributed by atoms with Crippen LogP contribution >= 0.6 is 0 Å². The summed E-state index contributed by atoms with van der Waals surface area (Å²) < 4.78 is 5.40. The van der Waals surface area contributed by atoms with Crippen molar-refractivity contribution in [3.63, 3.8) is 0 Å². The summed E-state index contributed by atoms with van der Waals surface area (Å²) in [5, 5.41) is 13.0. The van der Waals surface area contributed by atoms with Gasteiger partial charge in [-0.25, -0.2) is 9.59 Å². The molecule has 1 fully saturated rings. The van der Waals surface area contributed by atoms with Crippen LogP contribution in [0.25, 0.3) is 0 Å². The molecule has 1 aliphatic rings. The largest absolute Gasteiger partial charge is 0.456 e. The van der Waals surface area contributed by atoms with Crippen LogP contribution in [-0.2, 0) is 4.74 Å². The molecule has 1 aromatic rings. The molecule has 2 N–H and O–H groups in total. The third kappa shape index (κ3) is 5.74. The second-order valence-corrected chi connectivity index (χ2v) is 7.82. The van der Waals surface area contributed by atoms with Crippen molar-refractivity contribution in [2.24, 2.45) is 0 Å². The number of amides is 2. The van der Waals surface area contributed by atoms with E-state index in [2.05, 4.69) is 5.32 Å². The highest BCUT2D eigenvalue weighted by molar-refractivity contribution is 6.01. The number of hydrogen-bond donors (Lipinski definition) is 2. The Balaban J connectivity index is 2.10. The third-order valence-electron chi connectivity index (χ3n) is 4.14. The van der Waals surface area contributed by atoms with Crippen molar-refractivity contribution in [3.8, 4) is 0 Å². The van der Waals surface area contributed by atoms with Gasteiger partial charge in [0.1, 0.15) is 5.60 Å². The Kier molecular flexibility index (Phi) is 5.72. The topological polar surface area (TPSA) is 78.9 Å². The van der Waals surface area contributed by atoms with E-state index in [1.165, 1.54) is 0 Å². The molecule has 6 heteroatoms. The molecule has 6 nitrogen and oxygen atoms in total. The fraction of sp³-hybridized carbons (Fsp3) is 0.579. The van der Waals surface area contributed by atoms with Crippen LogP contribution in [0.4, 0.5) is 10.5 Å². The van der Waals surface area contributed by atoms with Crippen molar-refractivity contribution < 1.29 is 19.4 Å². The van der Waals surface area contributed by atoms with Crippen LogP contribution in [0.1, 0.15) is 57.3 Å². The highest BCUT2D eigenvalue weighted by Gasteiger charge is 2.28. The van der Waals surface area contributed by atoms with Crippen LogP contribution in [0, 0.1) is 0 Å². The number of nitrogens with one attached hydrogen (secondary N) is 1. The van der Waals surface area contributed by atoms with Crippen molar-refractivity contribution in [1.82, 2.24) is 4.90 Å². The molecular weight excluding hydrogens is 320 g/mol. The van der Waals surface area contributed by atoms with Gasteiger partial charge < -0.3 is 20.1 Å². The Morgan fingerprint density at radius 1 is 1.20 bits per heavy atom. The summed E-state index contributed by atoms with van der Waals surface area (Å²) in [6.45, 7) is 8.26. The fourth-order valence-electron chi connectivity index (χ4n) is 2.76. The maximum atomic E-state index is 12.6. The van der Waals surface area contributed by atoms with Gasteiger partial charge in [-0.15, -0.1) is 0 Å². The quantitative estimate of drug-likeness (QED) is 0.803. The second-order valence-electron chi connectivity index (χ2n) is 7.82. The number of urea groups is 1. The second kappa shape index (κ2) is 7.44. The Labute approximate surface area is 149 Å². The van der Waals surface area contributed by atoms with Gasteiger partial charge in [-0.1, -0.05) is 12.1 Å². The zero-order valence-electron chi connectivity index (χ0n) is 15.5. The molecule has 138 valence electrons. The van der Waals surface area contributed by atoms with Crippen molar-refractivity contribution in [3.05, 3.63) is 29.8 Å². The van der Waals surface area contributed by atoms with Gasteiger partial charge in [-0.2, -0.15) is 0 Å². The zero-order valence-corrected chi connectivity index (χ0v) is 15.5. The van der Waals surface area contributed by atoms with Crippen molar-refractivity contribution in [2.45, 2.75) is 58.2 Å². The van der Waals surface area contributed by atoms with Crippen LogP contribution in [-0.4, -0.2) is 46.3 Å². The molecule has 0 radical (unpaired) electrons. The molecule has 2 amide bonds. The van der Waals surface area contributed by atoms with Crippen molar-refractivity contribution in [2.75, 3.05) is 18.4 Å². The minimum Gasteiger partial charge on any atom is -0.456 e. The molecule has 1 heterocycles. The first-order valence-corrected chi connectivity index (χ1v) is 8.68. The summed E-state index contributed by atoms with van der Waals surface area (Å²) >= 11 is 0. The van der Waals surface area contributed by atoms with E-state index in [-0.39, 0.29) is 6.03 Å². The highest BCUT2D eigenvalue weighted by Crippen LogP contribution is 2.23. The van der Waals surface area contributed by atoms with Gasteiger partial charge in [0.05, 0.1) is 16.9 Å². The smallest absolute Gasteiger partial charge is 0.340 e. The average molecular weight is 348 g/mol. The summed E-state index contributed by atoms with van der Waals surface area (Å²) in [7, 11) is 0. The number of benzene rings is 1. The van der Waals surface area contributed by atoms with E-state index in [1.807, 2.05) is 0 Å². The molecule has 0 spiro atoms. The fourth-order valence-corrected chi connectivity index (χ4v) is 2.76. The number of nitrogens with zero attached hydrogens (tertiary/aromatic N) is 1. The van der Waals surface area contributed by atoms with Gasteiger partial charge in [-0.3, -0.25) is 0 Å². The van der Waals surface area contributed by atoms with Gasteiger partial charge in [0, 0.05) is 13.1 Å². The Morgan fingerprint density at radius 2 is 1.88 bits per heavy atom. The van der Waals surface area contributed by atoms with E-state index in [9.17, 15) is 14.7 Å². The van der Waals surface area contributed by atoms with Crippen LogP contribution in [0.2, 0.25) is 0 Å². The number of carbonyl (C=O) groups excluding carboxylic acids is 2. The van der Waals surface area contributed by atoms with Crippen LogP contribution in [0.15, 0.2) is 24.3 Å². The lowest BCUT2D eigenvalue weighted by molar-refractivity contribution is 0.00706. The molecule has 0 saturated carbocycles. The Bertz CT molecular complexity index is 635. The van der Waals surface area contributed by atoms with Gasteiger partial charge >= 0.3 is 12.0 Å². The number of aliphatic hydroxyl groups is 1. The SMILES string of the molecule is CC(C)(C)OC(=O)c1ccccc1NC(=O)N1CCC[C@](C)(O)CC1. The summed E-state index contributed by atoms with van der Waals surface area (Å²) in [6, 6.07) is 6.55. The number of carbonyl (C=O) groups is 2. The van der Waals surface area contributed by atoms with Crippen LogP contribution in [0.5, 0.6) is 0 Å². The van der Waals surface area contributed by atoms with Crippen LogP contribution in [0.3, 0.4) is 0 Å². The zero-order chi connectivity index (χ0) is 18.7. The van der Waals surface area contributed by atoms with E-state index in [0.717, 1.165) is 6.42 Å². The summed E-state index contributed by atoms with van der Waals surface area (Å²) in [5.41, 5.74) is -0.584. The lowest BCUT2D eigenvalue weighted by atomic mass is 9.98. The molecule has 1 atom stereocenters. The molecule has 1 aliphatic heterocycles. The normalized spacial score (nSPS) is 21.4. The first-order chi connectivity index (χ1) is 11.6. The number of hydrogen-bond acceptors (Lipinski definition) is 4. The highest BCUT2D eigenvalue weighted by atomic mass is 16.6. The molecule has 25 heavy (non-hydrogen) atoms. The minimum atomic E-state index is -0.733. The molecule has 2 rings (SSSR count).